The molecule has 0 aliphatic carbocycles. The summed E-state index contributed by atoms with van der Waals surface area (Å²) in [5.41, 5.74) is 3.58. The minimum atomic E-state index is -0.334. The lowest BCUT2D eigenvalue weighted by molar-refractivity contribution is 0.825. The van der Waals surface area contributed by atoms with Crippen molar-refractivity contribution in [2.75, 3.05) is 12.4 Å². The van der Waals surface area contributed by atoms with Crippen LogP contribution in [0.25, 0.3) is 11.0 Å². The number of aromatic nitrogens is 5. The zero-order valence-corrected chi connectivity index (χ0v) is 18.3. The van der Waals surface area contributed by atoms with Gasteiger partial charge in [0.15, 0.2) is 0 Å². The van der Waals surface area contributed by atoms with Crippen molar-refractivity contribution >= 4 is 45.2 Å². The fourth-order valence-electron chi connectivity index (χ4n) is 3.08. The third-order valence-corrected chi connectivity index (χ3v) is 5.83. The third kappa shape index (κ3) is 4.61. The van der Waals surface area contributed by atoms with Crippen molar-refractivity contribution < 1.29 is 0 Å². The molecule has 4 rings (SSSR count). The van der Waals surface area contributed by atoms with Crippen LogP contribution >= 0.6 is 11.3 Å². The lowest BCUT2D eigenvalue weighted by Crippen LogP contribution is -2.15. The number of anilines is 2. The Bertz CT molecular complexity index is 1230. The van der Waals surface area contributed by atoms with Crippen LogP contribution < -0.4 is 5.32 Å². The molecule has 0 saturated carbocycles. The van der Waals surface area contributed by atoms with Crippen LogP contribution in [0.15, 0.2) is 53.9 Å². The van der Waals surface area contributed by atoms with E-state index in [0.29, 0.717) is 22.6 Å². The van der Waals surface area contributed by atoms with Crippen molar-refractivity contribution in [1.82, 2.24) is 25.1 Å². The van der Waals surface area contributed by atoms with Crippen molar-refractivity contribution in [2.24, 2.45) is 4.99 Å². The van der Waals surface area contributed by atoms with Gasteiger partial charge in [0, 0.05) is 37.8 Å². The zero-order valence-electron chi connectivity index (χ0n) is 17.4. The standard InChI is InChI=1S/C22H22N8S/c1-13(2)21-29-30-22(31-21)28-19-5-4-17-18(27-19)10-15(11-26-17)16(12-24-3)20(23)14-6-8-25-9-7-14/h4-13,16,23H,1-3H3,(H,27,28,30). The molecule has 4 aromatic heterocycles. The van der Waals surface area contributed by atoms with E-state index in [-0.39, 0.29) is 5.92 Å². The van der Waals surface area contributed by atoms with Gasteiger partial charge in [-0.15, -0.1) is 10.2 Å². The Morgan fingerprint density at radius 2 is 1.94 bits per heavy atom. The molecule has 31 heavy (non-hydrogen) atoms. The maximum absolute atomic E-state index is 8.67. The summed E-state index contributed by atoms with van der Waals surface area (Å²) in [6.07, 6.45) is 6.89. The van der Waals surface area contributed by atoms with Gasteiger partial charge in [-0.25, -0.2) is 4.98 Å². The highest BCUT2D eigenvalue weighted by atomic mass is 32.1. The molecule has 0 aliphatic heterocycles. The van der Waals surface area contributed by atoms with Gasteiger partial charge in [-0.1, -0.05) is 25.2 Å². The molecule has 9 heteroatoms. The fourth-order valence-corrected chi connectivity index (χ4v) is 3.83. The summed E-state index contributed by atoms with van der Waals surface area (Å²) in [5.74, 6) is 0.666. The molecule has 1 unspecified atom stereocenters. The number of hydrogen-bond donors (Lipinski definition) is 2. The van der Waals surface area contributed by atoms with E-state index in [1.54, 1.807) is 31.9 Å². The maximum Gasteiger partial charge on any atom is 0.211 e. The van der Waals surface area contributed by atoms with E-state index in [9.17, 15) is 0 Å². The minimum absolute atomic E-state index is 0.331. The van der Waals surface area contributed by atoms with Crippen molar-refractivity contribution in [3.63, 3.8) is 0 Å². The maximum atomic E-state index is 8.67. The van der Waals surface area contributed by atoms with Gasteiger partial charge in [0.05, 0.1) is 22.7 Å². The average molecular weight is 431 g/mol. The van der Waals surface area contributed by atoms with E-state index in [1.165, 1.54) is 11.3 Å². The van der Waals surface area contributed by atoms with Crippen molar-refractivity contribution in [1.29, 1.82) is 5.41 Å². The predicted octanol–water partition coefficient (Wildman–Crippen LogP) is 4.60. The smallest absolute Gasteiger partial charge is 0.211 e. The topological polar surface area (TPSA) is 113 Å². The molecule has 0 aromatic carbocycles. The van der Waals surface area contributed by atoms with Crippen molar-refractivity contribution in [3.8, 4) is 0 Å². The molecule has 2 N–H and O–H groups in total. The van der Waals surface area contributed by atoms with Crippen LogP contribution in [0.5, 0.6) is 0 Å². The predicted molar refractivity (Wildman–Crippen MR) is 125 cm³/mol. The number of fused-ring (bicyclic) bond motifs is 1. The number of aliphatic imine (C=N–C) groups is 1. The SMILES string of the molecule is CN=CC(C(=N)c1ccncc1)c1cnc2ccc(Nc3nnc(C(C)C)s3)nc2c1. The summed E-state index contributed by atoms with van der Waals surface area (Å²) in [6, 6.07) is 9.38. The molecular formula is C22H22N8S. The number of nitrogens with zero attached hydrogens (tertiary/aromatic N) is 6. The first-order chi connectivity index (χ1) is 15.0. The van der Waals surface area contributed by atoms with Crippen LogP contribution in [0, 0.1) is 5.41 Å². The van der Waals surface area contributed by atoms with E-state index in [2.05, 4.69) is 44.3 Å². The van der Waals surface area contributed by atoms with E-state index in [4.69, 9.17) is 10.4 Å². The first-order valence-electron chi connectivity index (χ1n) is 9.83. The quantitative estimate of drug-likeness (QED) is 0.415. The van der Waals surface area contributed by atoms with E-state index < -0.39 is 0 Å². The van der Waals surface area contributed by atoms with Crippen LogP contribution in [-0.4, -0.2) is 44.1 Å². The molecule has 4 aromatic rings. The molecule has 4 heterocycles. The van der Waals surface area contributed by atoms with Crippen LogP contribution in [0.2, 0.25) is 0 Å². The van der Waals surface area contributed by atoms with Gasteiger partial charge in [-0.3, -0.25) is 15.0 Å². The fraction of sp³-hybridized carbons (Fsp3) is 0.227. The Labute approximate surface area is 184 Å². The van der Waals surface area contributed by atoms with Crippen LogP contribution in [-0.2, 0) is 0 Å². The van der Waals surface area contributed by atoms with Gasteiger partial charge in [0.2, 0.25) is 5.13 Å². The first-order valence-corrected chi connectivity index (χ1v) is 10.6. The van der Waals surface area contributed by atoms with E-state index in [1.807, 2.05) is 30.3 Å². The monoisotopic (exact) mass is 430 g/mol. The third-order valence-electron chi connectivity index (χ3n) is 4.69. The summed E-state index contributed by atoms with van der Waals surface area (Å²) in [4.78, 5) is 17.5. The molecule has 156 valence electrons. The zero-order chi connectivity index (χ0) is 21.8. The molecule has 0 spiro atoms. The lowest BCUT2D eigenvalue weighted by atomic mass is 9.92. The molecular weight excluding hydrogens is 408 g/mol. The van der Waals surface area contributed by atoms with E-state index >= 15 is 0 Å². The molecule has 8 nitrogen and oxygen atoms in total. The molecule has 0 amide bonds. The van der Waals surface area contributed by atoms with Gasteiger partial charge in [-0.2, -0.15) is 0 Å². The van der Waals surface area contributed by atoms with Gasteiger partial charge < -0.3 is 10.7 Å². The Hall–Kier alpha value is -3.59. The Balaban J connectivity index is 1.65. The van der Waals surface area contributed by atoms with Crippen molar-refractivity contribution in [3.05, 3.63) is 65.1 Å². The van der Waals surface area contributed by atoms with Crippen molar-refractivity contribution in [2.45, 2.75) is 25.7 Å². The van der Waals surface area contributed by atoms with Gasteiger partial charge in [0.25, 0.3) is 0 Å². The molecule has 1 atom stereocenters. The van der Waals surface area contributed by atoms with Crippen LogP contribution in [0.1, 0.15) is 41.8 Å². The highest BCUT2D eigenvalue weighted by Gasteiger charge is 2.18. The average Bonchev–Trinajstić information content (AvgIpc) is 3.26. The summed E-state index contributed by atoms with van der Waals surface area (Å²) >= 11 is 1.52. The van der Waals surface area contributed by atoms with Crippen LogP contribution in [0.4, 0.5) is 10.9 Å². The molecule has 0 fully saturated rings. The summed E-state index contributed by atoms with van der Waals surface area (Å²) in [7, 11) is 1.70. The summed E-state index contributed by atoms with van der Waals surface area (Å²) < 4.78 is 0. The van der Waals surface area contributed by atoms with E-state index in [0.717, 1.165) is 27.2 Å². The van der Waals surface area contributed by atoms with Gasteiger partial charge in [-0.05, 0) is 41.5 Å². The second-order valence-electron chi connectivity index (χ2n) is 7.26. The molecule has 0 bridgehead atoms. The Morgan fingerprint density at radius 1 is 1.13 bits per heavy atom. The molecule has 0 radical (unpaired) electrons. The summed E-state index contributed by atoms with van der Waals surface area (Å²) in [6.45, 7) is 4.18. The second kappa shape index (κ2) is 9.05. The largest absolute Gasteiger partial charge is 0.315 e. The summed E-state index contributed by atoms with van der Waals surface area (Å²) in [5, 5.41) is 22.0. The van der Waals surface area contributed by atoms with Gasteiger partial charge in [0.1, 0.15) is 10.8 Å². The first kappa shape index (κ1) is 20.7. The highest BCUT2D eigenvalue weighted by Crippen LogP contribution is 2.26. The van der Waals surface area contributed by atoms with Crippen LogP contribution in [0.3, 0.4) is 0 Å². The Morgan fingerprint density at radius 3 is 2.65 bits per heavy atom. The molecule has 0 aliphatic rings. The Kier molecular flexibility index (Phi) is 6.03. The number of pyridine rings is 3. The number of rotatable bonds is 7. The van der Waals surface area contributed by atoms with Gasteiger partial charge >= 0.3 is 0 Å². The minimum Gasteiger partial charge on any atom is -0.315 e. The second-order valence-corrected chi connectivity index (χ2v) is 8.27. The highest BCUT2D eigenvalue weighted by molar-refractivity contribution is 7.15. The number of nitrogens with one attached hydrogen (secondary N) is 2. The normalized spacial score (nSPS) is 12.5. The number of hydrogen-bond acceptors (Lipinski definition) is 9. The molecule has 0 saturated heterocycles. The lowest BCUT2D eigenvalue weighted by Gasteiger charge is -2.15.